The molecule has 0 atom stereocenters. The highest BCUT2D eigenvalue weighted by Gasteiger charge is 2.05. The maximum atomic E-state index is 12.0. The van der Waals surface area contributed by atoms with Crippen molar-refractivity contribution in [1.29, 1.82) is 0 Å². The zero-order chi connectivity index (χ0) is 16.8. The lowest BCUT2D eigenvalue weighted by Gasteiger charge is -2.09. The first-order valence-electron chi connectivity index (χ1n) is 8.00. The van der Waals surface area contributed by atoms with E-state index in [-0.39, 0.29) is 5.91 Å². The Labute approximate surface area is 138 Å². The maximum Gasteiger partial charge on any atom is 0.224 e. The summed E-state index contributed by atoms with van der Waals surface area (Å²) in [4.78, 5) is 12.0. The second-order valence-corrected chi connectivity index (χ2v) is 6.00. The summed E-state index contributed by atoms with van der Waals surface area (Å²) in [6.07, 6.45) is 2.26. The molecule has 0 aromatic heterocycles. The van der Waals surface area contributed by atoms with Crippen LogP contribution in [0.5, 0.6) is 5.75 Å². The van der Waals surface area contributed by atoms with E-state index in [9.17, 15) is 4.79 Å². The third-order valence-corrected chi connectivity index (χ3v) is 4.12. The van der Waals surface area contributed by atoms with E-state index in [0.717, 1.165) is 29.8 Å². The van der Waals surface area contributed by atoms with Gasteiger partial charge in [0.25, 0.3) is 0 Å². The second-order valence-electron chi connectivity index (χ2n) is 6.00. The number of hydrogen-bond acceptors (Lipinski definition) is 2. The number of hydrogen-bond donors (Lipinski definition) is 1. The lowest BCUT2D eigenvalue weighted by molar-refractivity contribution is -0.116. The van der Waals surface area contributed by atoms with Gasteiger partial charge in [0.05, 0.1) is 7.11 Å². The standard InChI is InChI=1S/C20H25NO2/c1-14-8-10-18(13-15(14)2)21-20(22)7-5-6-17-9-11-19(23-4)16(3)12-17/h8-13H,5-7H2,1-4H3,(H,21,22). The summed E-state index contributed by atoms with van der Waals surface area (Å²) in [7, 11) is 1.68. The van der Waals surface area contributed by atoms with Gasteiger partial charge in [0.15, 0.2) is 0 Å². The van der Waals surface area contributed by atoms with Crippen molar-refractivity contribution >= 4 is 11.6 Å². The number of carbonyl (C=O) groups is 1. The Hall–Kier alpha value is -2.29. The molecule has 0 heterocycles. The van der Waals surface area contributed by atoms with Crippen molar-refractivity contribution in [2.75, 3.05) is 12.4 Å². The molecule has 0 unspecified atom stereocenters. The molecule has 0 saturated carbocycles. The van der Waals surface area contributed by atoms with Crippen LogP contribution in [0.1, 0.15) is 35.1 Å². The summed E-state index contributed by atoms with van der Waals surface area (Å²) in [5.41, 5.74) is 5.67. The predicted octanol–water partition coefficient (Wildman–Crippen LogP) is 4.58. The third-order valence-electron chi connectivity index (χ3n) is 4.12. The average molecular weight is 311 g/mol. The molecule has 23 heavy (non-hydrogen) atoms. The van der Waals surface area contributed by atoms with Gasteiger partial charge in [-0.2, -0.15) is 0 Å². The van der Waals surface area contributed by atoms with Crippen molar-refractivity contribution in [3.05, 3.63) is 58.7 Å². The molecule has 0 bridgehead atoms. The van der Waals surface area contributed by atoms with Crippen LogP contribution in [0.15, 0.2) is 36.4 Å². The molecule has 0 aliphatic heterocycles. The Morgan fingerprint density at radius 1 is 1.00 bits per heavy atom. The Kier molecular flexibility index (Phi) is 5.80. The first-order chi connectivity index (χ1) is 11.0. The number of amides is 1. The van der Waals surface area contributed by atoms with Crippen LogP contribution < -0.4 is 10.1 Å². The van der Waals surface area contributed by atoms with Crippen LogP contribution in [0, 0.1) is 20.8 Å². The van der Waals surface area contributed by atoms with Gasteiger partial charge in [0.2, 0.25) is 5.91 Å². The van der Waals surface area contributed by atoms with E-state index in [4.69, 9.17) is 4.74 Å². The van der Waals surface area contributed by atoms with E-state index in [1.54, 1.807) is 7.11 Å². The van der Waals surface area contributed by atoms with Gasteiger partial charge in [-0.1, -0.05) is 18.2 Å². The summed E-state index contributed by atoms with van der Waals surface area (Å²) < 4.78 is 5.26. The van der Waals surface area contributed by atoms with Gasteiger partial charge >= 0.3 is 0 Å². The lowest BCUT2D eigenvalue weighted by atomic mass is 10.0. The van der Waals surface area contributed by atoms with Crippen LogP contribution in [0.3, 0.4) is 0 Å². The van der Waals surface area contributed by atoms with Crippen LogP contribution in [0.25, 0.3) is 0 Å². The van der Waals surface area contributed by atoms with E-state index >= 15 is 0 Å². The minimum Gasteiger partial charge on any atom is -0.496 e. The van der Waals surface area contributed by atoms with E-state index in [1.165, 1.54) is 16.7 Å². The molecule has 0 fully saturated rings. The number of methoxy groups -OCH3 is 1. The molecule has 122 valence electrons. The van der Waals surface area contributed by atoms with Crippen molar-refractivity contribution in [2.45, 2.75) is 40.0 Å². The van der Waals surface area contributed by atoms with Gasteiger partial charge in [-0.05, 0) is 74.1 Å². The molecule has 2 rings (SSSR count). The average Bonchev–Trinajstić information content (AvgIpc) is 2.51. The first kappa shape index (κ1) is 17.1. The number of carbonyl (C=O) groups excluding carboxylic acids is 1. The smallest absolute Gasteiger partial charge is 0.224 e. The predicted molar refractivity (Wildman–Crippen MR) is 95.2 cm³/mol. The number of nitrogens with one attached hydrogen (secondary N) is 1. The Morgan fingerprint density at radius 2 is 1.78 bits per heavy atom. The molecule has 3 nitrogen and oxygen atoms in total. The second kappa shape index (κ2) is 7.82. The van der Waals surface area contributed by atoms with Gasteiger partial charge in [-0.3, -0.25) is 4.79 Å². The zero-order valence-electron chi connectivity index (χ0n) is 14.4. The molecular formula is C20H25NO2. The highest BCUT2D eigenvalue weighted by molar-refractivity contribution is 5.90. The Balaban J connectivity index is 1.82. The van der Waals surface area contributed by atoms with Gasteiger partial charge in [0.1, 0.15) is 5.75 Å². The van der Waals surface area contributed by atoms with Gasteiger partial charge < -0.3 is 10.1 Å². The fourth-order valence-electron chi connectivity index (χ4n) is 2.59. The van der Waals surface area contributed by atoms with Gasteiger partial charge in [-0.15, -0.1) is 0 Å². The Morgan fingerprint density at radius 3 is 2.43 bits per heavy atom. The van der Waals surface area contributed by atoms with Gasteiger partial charge in [0, 0.05) is 12.1 Å². The van der Waals surface area contributed by atoms with Crippen molar-refractivity contribution in [3.8, 4) is 5.75 Å². The van der Waals surface area contributed by atoms with E-state index in [1.807, 2.05) is 31.2 Å². The van der Waals surface area contributed by atoms with Crippen molar-refractivity contribution in [3.63, 3.8) is 0 Å². The summed E-state index contributed by atoms with van der Waals surface area (Å²) in [5, 5.41) is 2.97. The van der Waals surface area contributed by atoms with Crippen LogP contribution in [-0.4, -0.2) is 13.0 Å². The van der Waals surface area contributed by atoms with Crippen LogP contribution in [-0.2, 0) is 11.2 Å². The fourth-order valence-corrected chi connectivity index (χ4v) is 2.59. The number of rotatable bonds is 6. The molecule has 3 heteroatoms. The third kappa shape index (κ3) is 4.85. The zero-order valence-corrected chi connectivity index (χ0v) is 14.4. The summed E-state index contributed by atoms with van der Waals surface area (Å²) in [5.74, 6) is 0.972. The molecular weight excluding hydrogens is 286 g/mol. The summed E-state index contributed by atoms with van der Waals surface area (Å²) in [6, 6.07) is 12.2. The van der Waals surface area contributed by atoms with E-state index in [0.29, 0.717) is 6.42 Å². The Bertz CT molecular complexity index is 692. The molecule has 1 N–H and O–H groups in total. The molecule has 0 aliphatic rings. The molecule has 2 aromatic carbocycles. The molecule has 0 saturated heterocycles. The molecule has 0 aliphatic carbocycles. The van der Waals surface area contributed by atoms with E-state index in [2.05, 4.69) is 31.3 Å². The topological polar surface area (TPSA) is 38.3 Å². The SMILES string of the molecule is COc1ccc(CCCC(=O)Nc2ccc(C)c(C)c2)cc1C. The van der Waals surface area contributed by atoms with Crippen LogP contribution in [0.2, 0.25) is 0 Å². The molecule has 2 aromatic rings. The quantitative estimate of drug-likeness (QED) is 0.848. The lowest BCUT2D eigenvalue weighted by Crippen LogP contribution is -2.11. The largest absolute Gasteiger partial charge is 0.496 e. The number of ether oxygens (including phenoxy) is 1. The van der Waals surface area contributed by atoms with Crippen molar-refractivity contribution in [1.82, 2.24) is 0 Å². The maximum absolute atomic E-state index is 12.0. The normalized spacial score (nSPS) is 10.4. The summed E-state index contributed by atoms with van der Waals surface area (Å²) in [6.45, 7) is 6.16. The number of anilines is 1. The van der Waals surface area contributed by atoms with Crippen molar-refractivity contribution < 1.29 is 9.53 Å². The van der Waals surface area contributed by atoms with Crippen LogP contribution in [0.4, 0.5) is 5.69 Å². The minimum absolute atomic E-state index is 0.0680. The first-order valence-corrected chi connectivity index (χ1v) is 8.00. The fraction of sp³-hybridized carbons (Fsp3) is 0.350. The number of benzene rings is 2. The summed E-state index contributed by atoms with van der Waals surface area (Å²) >= 11 is 0. The van der Waals surface area contributed by atoms with E-state index < -0.39 is 0 Å². The minimum atomic E-state index is 0.0680. The number of aryl methyl sites for hydroxylation is 4. The van der Waals surface area contributed by atoms with Crippen LogP contribution >= 0.6 is 0 Å². The highest BCUT2D eigenvalue weighted by Crippen LogP contribution is 2.20. The molecule has 1 amide bonds. The highest BCUT2D eigenvalue weighted by atomic mass is 16.5. The van der Waals surface area contributed by atoms with Crippen molar-refractivity contribution in [2.24, 2.45) is 0 Å². The monoisotopic (exact) mass is 311 g/mol. The molecule has 0 radical (unpaired) electrons. The molecule has 0 spiro atoms. The van der Waals surface area contributed by atoms with Gasteiger partial charge in [-0.25, -0.2) is 0 Å².